The lowest BCUT2D eigenvalue weighted by Gasteiger charge is -2.34. The third kappa shape index (κ3) is 4.50. The van der Waals surface area contributed by atoms with E-state index in [0.29, 0.717) is 0 Å². The number of halogens is 3. The first-order valence-electron chi connectivity index (χ1n) is 4.38. The third-order valence-corrected chi connectivity index (χ3v) is 1.69. The van der Waals surface area contributed by atoms with E-state index in [1.165, 1.54) is 0 Å². The molecule has 0 amide bonds. The molecule has 0 spiro atoms. The molecule has 0 unspecified atom stereocenters. The molecule has 1 N–H and O–H groups in total. The molecule has 1 atom stereocenters. The zero-order chi connectivity index (χ0) is 10.9. The summed E-state index contributed by atoms with van der Waals surface area (Å²) in [5.41, 5.74) is -0.803. The van der Waals surface area contributed by atoms with Crippen molar-refractivity contribution >= 4 is 0 Å². The first-order chi connectivity index (χ1) is 5.55. The largest absolute Gasteiger partial charge is 0.404 e. The van der Waals surface area contributed by atoms with Crippen LogP contribution in [0, 0.1) is 5.41 Å². The number of hydrogen-bond acceptors (Lipinski definition) is 1. The summed E-state index contributed by atoms with van der Waals surface area (Å²) in [6.45, 7) is 8.18. The van der Waals surface area contributed by atoms with Gasteiger partial charge in [0.15, 0.2) is 0 Å². The van der Waals surface area contributed by atoms with Crippen molar-refractivity contribution < 1.29 is 13.2 Å². The molecule has 0 aliphatic carbocycles. The van der Waals surface area contributed by atoms with Gasteiger partial charge in [-0.3, -0.25) is 0 Å². The van der Waals surface area contributed by atoms with E-state index in [4.69, 9.17) is 0 Å². The van der Waals surface area contributed by atoms with Gasteiger partial charge < -0.3 is 5.32 Å². The van der Waals surface area contributed by atoms with Gasteiger partial charge in [-0.05, 0) is 5.41 Å². The van der Waals surface area contributed by atoms with Crippen LogP contribution in [0.2, 0.25) is 0 Å². The number of hydrogen-bond donors (Lipinski definition) is 1. The van der Waals surface area contributed by atoms with E-state index in [2.05, 4.69) is 5.32 Å². The summed E-state index contributed by atoms with van der Waals surface area (Å²) in [4.78, 5) is 0. The van der Waals surface area contributed by atoms with Crippen LogP contribution in [0.25, 0.3) is 0 Å². The van der Waals surface area contributed by atoms with E-state index in [-0.39, 0.29) is 6.04 Å². The highest BCUT2D eigenvalue weighted by molar-refractivity contribution is 4.87. The number of alkyl halides is 3. The van der Waals surface area contributed by atoms with Crippen LogP contribution in [0.1, 0.15) is 34.6 Å². The highest BCUT2D eigenvalue weighted by atomic mass is 19.4. The van der Waals surface area contributed by atoms with Gasteiger partial charge in [-0.2, -0.15) is 13.2 Å². The minimum atomic E-state index is -4.18. The summed E-state index contributed by atoms with van der Waals surface area (Å²) in [6, 6.07) is -1.61. The summed E-state index contributed by atoms with van der Waals surface area (Å²) in [6.07, 6.45) is -4.18. The molecule has 80 valence electrons. The second-order valence-electron chi connectivity index (χ2n) is 4.66. The fraction of sp³-hybridized carbons (Fsp3) is 1.00. The molecule has 0 fully saturated rings. The predicted octanol–water partition coefficient (Wildman–Crippen LogP) is 2.96. The van der Waals surface area contributed by atoms with Gasteiger partial charge in [-0.15, -0.1) is 0 Å². The minimum Gasteiger partial charge on any atom is -0.303 e. The van der Waals surface area contributed by atoms with Gasteiger partial charge in [-0.1, -0.05) is 34.6 Å². The minimum absolute atomic E-state index is 0.161. The molecule has 0 radical (unpaired) electrons. The van der Waals surface area contributed by atoms with Gasteiger partial charge in [0.25, 0.3) is 0 Å². The molecular weight excluding hydrogens is 179 g/mol. The summed E-state index contributed by atoms with van der Waals surface area (Å²) >= 11 is 0. The average molecular weight is 197 g/mol. The van der Waals surface area contributed by atoms with Crippen LogP contribution in [0.15, 0.2) is 0 Å². The van der Waals surface area contributed by atoms with E-state index in [9.17, 15) is 13.2 Å². The van der Waals surface area contributed by atoms with Crippen LogP contribution in [-0.4, -0.2) is 18.3 Å². The average Bonchev–Trinajstić information content (AvgIpc) is 1.77. The zero-order valence-electron chi connectivity index (χ0n) is 8.79. The molecule has 0 bridgehead atoms. The zero-order valence-corrected chi connectivity index (χ0v) is 8.79. The van der Waals surface area contributed by atoms with Crippen LogP contribution >= 0.6 is 0 Å². The second-order valence-corrected chi connectivity index (χ2v) is 4.66. The first kappa shape index (κ1) is 12.8. The van der Waals surface area contributed by atoms with Gasteiger partial charge in [0, 0.05) is 6.04 Å². The molecule has 0 aromatic carbocycles. The van der Waals surface area contributed by atoms with Gasteiger partial charge >= 0.3 is 6.18 Å². The SMILES string of the molecule is CC(C)N[C@H](C(C)(C)C)C(F)(F)F. The van der Waals surface area contributed by atoms with Crippen molar-refractivity contribution in [3.05, 3.63) is 0 Å². The van der Waals surface area contributed by atoms with E-state index in [0.717, 1.165) is 0 Å². The quantitative estimate of drug-likeness (QED) is 0.717. The van der Waals surface area contributed by atoms with Crippen molar-refractivity contribution in [2.75, 3.05) is 0 Å². The Labute approximate surface area is 77.7 Å². The van der Waals surface area contributed by atoms with Crippen LogP contribution < -0.4 is 5.32 Å². The molecule has 0 saturated heterocycles. The summed E-state index contributed by atoms with van der Waals surface area (Å²) < 4.78 is 37.5. The van der Waals surface area contributed by atoms with E-state index >= 15 is 0 Å². The molecule has 0 aromatic rings. The Morgan fingerprint density at radius 3 is 1.46 bits per heavy atom. The molecule has 13 heavy (non-hydrogen) atoms. The van der Waals surface area contributed by atoms with Crippen molar-refractivity contribution in [1.82, 2.24) is 5.32 Å². The van der Waals surface area contributed by atoms with Crippen LogP contribution in [0.3, 0.4) is 0 Å². The molecule has 0 rings (SSSR count). The maximum atomic E-state index is 12.5. The lowest BCUT2D eigenvalue weighted by atomic mass is 9.86. The maximum Gasteiger partial charge on any atom is 0.404 e. The van der Waals surface area contributed by atoms with E-state index in [1.807, 2.05) is 0 Å². The second kappa shape index (κ2) is 3.86. The molecule has 0 aliphatic heterocycles. The van der Waals surface area contributed by atoms with Crippen LogP contribution in [0.5, 0.6) is 0 Å². The molecular formula is C9H18F3N. The van der Waals surface area contributed by atoms with Gasteiger partial charge in [0.05, 0.1) is 0 Å². The highest BCUT2D eigenvalue weighted by Gasteiger charge is 2.46. The lowest BCUT2D eigenvalue weighted by molar-refractivity contribution is -0.179. The Kier molecular flexibility index (Phi) is 3.79. The Balaban J connectivity index is 4.58. The smallest absolute Gasteiger partial charge is 0.303 e. The summed E-state index contributed by atoms with van der Waals surface area (Å²) in [5.74, 6) is 0. The van der Waals surface area contributed by atoms with Crippen molar-refractivity contribution in [3.8, 4) is 0 Å². The number of rotatable bonds is 2. The Hall–Kier alpha value is -0.250. The molecule has 0 saturated carbocycles. The van der Waals surface area contributed by atoms with Crippen molar-refractivity contribution in [2.24, 2.45) is 5.41 Å². The van der Waals surface area contributed by atoms with Gasteiger partial charge in [0.1, 0.15) is 6.04 Å². The fourth-order valence-electron chi connectivity index (χ4n) is 1.17. The Bertz CT molecular complexity index is 141. The Morgan fingerprint density at radius 2 is 1.38 bits per heavy atom. The van der Waals surface area contributed by atoms with Crippen LogP contribution in [0.4, 0.5) is 13.2 Å². The van der Waals surface area contributed by atoms with Crippen molar-refractivity contribution in [3.63, 3.8) is 0 Å². The predicted molar refractivity (Wildman–Crippen MR) is 47.6 cm³/mol. The monoisotopic (exact) mass is 197 g/mol. The van der Waals surface area contributed by atoms with Crippen LogP contribution in [-0.2, 0) is 0 Å². The van der Waals surface area contributed by atoms with Crippen molar-refractivity contribution in [2.45, 2.75) is 52.9 Å². The van der Waals surface area contributed by atoms with E-state index < -0.39 is 17.6 Å². The van der Waals surface area contributed by atoms with Crippen molar-refractivity contribution in [1.29, 1.82) is 0 Å². The normalized spacial score (nSPS) is 16.4. The number of nitrogens with one attached hydrogen (secondary N) is 1. The van der Waals surface area contributed by atoms with E-state index in [1.54, 1.807) is 34.6 Å². The molecule has 0 aliphatic rings. The third-order valence-electron chi connectivity index (χ3n) is 1.69. The fourth-order valence-corrected chi connectivity index (χ4v) is 1.17. The molecule has 0 heterocycles. The van der Waals surface area contributed by atoms with Gasteiger partial charge in [-0.25, -0.2) is 0 Å². The topological polar surface area (TPSA) is 12.0 Å². The molecule has 4 heteroatoms. The Morgan fingerprint density at radius 1 is 1.00 bits per heavy atom. The summed E-state index contributed by atoms with van der Waals surface area (Å²) in [7, 11) is 0. The highest BCUT2D eigenvalue weighted by Crippen LogP contribution is 2.33. The first-order valence-corrected chi connectivity index (χ1v) is 4.38. The molecule has 1 nitrogen and oxygen atoms in total. The lowest BCUT2D eigenvalue weighted by Crippen LogP contribution is -2.53. The summed E-state index contributed by atoms with van der Waals surface area (Å²) in [5, 5.41) is 2.53. The molecule has 0 aromatic heterocycles. The standard InChI is InChI=1S/C9H18F3N/c1-6(2)13-7(8(3,4)5)9(10,11)12/h6-7,13H,1-5H3/t7-/m1/s1. The maximum absolute atomic E-state index is 12.5. The van der Waals surface area contributed by atoms with Gasteiger partial charge in [0.2, 0.25) is 0 Å².